The van der Waals surface area contributed by atoms with E-state index < -0.39 is 16.2 Å². The molecule has 3 aliphatic carbocycles. The van der Waals surface area contributed by atoms with E-state index in [9.17, 15) is 0 Å². The van der Waals surface area contributed by atoms with Crippen molar-refractivity contribution in [2.75, 3.05) is 4.90 Å². The minimum atomic E-state index is -0.536. The van der Waals surface area contributed by atoms with Crippen LogP contribution in [0.5, 0.6) is 0 Å². The first-order chi connectivity index (χ1) is 41.7. The molecule has 18 rings (SSSR count). The molecule has 13 aromatic rings. The highest BCUT2D eigenvalue weighted by molar-refractivity contribution is 7.99. The van der Waals surface area contributed by atoms with Crippen LogP contribution in [0, 0.1) is 0 Å². The first kappa shape index (κ1) is 47.9. The molecule has 0 aromatic heterocycles. The quantitative estimate of drug-likeness (QED) is 0.163. The minimum Gasteiger partial charge on any atom is -0.310 e. The van der Waals surface area contributed by atoms with Gasteiger partial charge in [0.15, 0.2) is 0 Å². The Balaban J connectivity index is 0.875. The summed E-state index contributed by atoms with van der Waals surface area (Å²) in [7, 11) is 0. The number of hydrogen-bond donors (Lipinski definition) is 0. The van der Waals surface area contributed by atoms with Gasteiger partial charge in [0.25, 0.3) is 0 Å². The van der Waals surface area contributed by atoms with E-state index in [4.69, 9.17) is 0 Å². The highest BCUT2D eigenvalue weighted by atomic mass is 32.2. The second-order valence-electron chi connectivity index (χ2n) is 22.9. The summed E-state index contributed by atoms with van der Waals surface area (Å²) in [5, 5.41) is 0. The summed E-state index contributed by atoms with van der Waals surface area (Å²) in [4.78, 5) is 7.73. The van der Waals surface area contributed by atoms with Crippen LogP contribution >= 0.6 is 23.5 Å². The molecule has 0 unspecified atom stereocenters. The van der Waals surface area contributed by atoms with Crippen molar-refractivity contribution >= 4 is 40.6 Å². The predicted molar refractivity (Wildman–Crippen MR) is 347 cm³/mol. The fourth-order valence-corrected chi connectivity index (χ4v) is 18.3. The van der Waals surface area contributed by atoms with Gasteiger partial charge in [0.05, 0.1) is 16.2 Å². The highest BCUT2D eigenvalue weighted by Gasteiger charge is 2.53. The minimum absolute atomic E-state index is 0.494. The SMILES string of the molecule is c1ccc(C2(c3ccccc3)c3ccccc3-c3c(-c4ccc(N(c5ccc6c(c5)C5(c7ccccc7Sc7ccccc75)c5ccccc5-6)c5ccc6c(c5)C5(c7ccccc7Sc7ccccc75)c5ccccc5-6)cc4)cccc32)cc1. The van der Waals surface area contributed by atoms with Crippen molar-refractivity contribution < 1.29 is 0 Å². The molecule has 2 heterocycles. The third-order valence-electron chi connectivity index (χ3n) is 19.1. The first-order valence-electron chi connectivity index (χ1n) is 29.1. The van der Waals surface area contributed by atoms with Crippen molar-refractivity contribution in [3.8, 4) is 44.5 Å². The van der Waals surface area contributed by atoms with Crippen LogP contribution in [-0.2, 0) is 16.2 Å². The van der Waals surface area contributed by atoms with Gasteiger partial charge in [0, 0.05) is 36.6 Å². The number of anilines is 3. The maximum absolute atomic E-state index is 2.54. The number of hydrogen-bond acceptors (Lipinski definition) is 3. The van der Waals surface area contributed by atoms with Gasteiger partial charge >= 0.3 is 0 Å². The van der Waals surface area contributed by atoms with Gasteiger partial charge in [0.1, 0.15) is 0 Å². The largest absolute Gasteiger partial charge is 0.310 e. The Morgan fingerprint density at radius 1 is 0.214 bits per heavy atom. The van der Waals surface area contributed by atoms with Gasteiger partial charge in [-0.1, -0.05) is 272 Å². The predicted octanol–water partition coefficient (Wildman–Crippen LogP) is 20.8. The second-order valence-corrected chi connectivity index (χ2v) is 25.0. The number of rotatable bonds is 6. The van der Waals surface area contributed by atoms with Crippen molar-refractivity contribution in [2.24, 2.45) is 0 Å². The van der Waals surface area contributed by atoms with E-state index in [-0.39, 0.29) is 0 Å². The van der Waals surface area contributed by atoms with E-state index in [1.54, 1.807) is 0 Å². The van der Waals surface area contributed by atoms with Crippen LogP contribution in [0.2, 0.25) is 0 Å². The lowest BCUT2D eigenvalue weighted by molar-refractivity contribution is 0.721. The summed E-state index contributed by atoms with van der Waals surface area (Å²) in [6, 6.07) is 117. The summed E-state index contributed by atoms with van der Waals surface area (Å²) in [5.41, 5.74) is 27.6. The lowest BCUT2D eigenvalue weighted by Crippen LogP contribution is -2.32. The van der Waals surface area contributed by atoms with Crippen LogP contribution in [0.4, 0.5) is 17.1 Å². The lowest BCUT2D eigenvalue weighted by atomic mass is 9.67. The normalized spacial score (nSPS) is 14.9. The molecule has 2 spiro atoms. The summed E-state index contributed by atoms with van der Waals surface area (Å²) < 4.78 is 0. The van der Waals surface area contributed by atoms with Crippen molar-refractivity contribution in [3.05, 3.63) is 376 Å². The van der Waals surface area contributed by atoms with Crippen LogP contribution in [-0.4, -0.2) is 0 Å². The Bertz CT molecular complexity index is 4540. The van der Waals surface area contributed by atoms with Gasteiger partial charge in [0.2, 0.25) is 0 Å². The van der Waals surface area contributed by atoms with Crippen LogP contribution in [0.15, 0.2) is 329 Å². The third kappa shape index (κ3) is 6.33. The average Bonchev–Trinajstić information content (AvgIpc) is 1.67. The summed E-state index contributed by atoms with van der Waals surface area (Å²) in [5.74, 6) is 0. The molecule has 0 radical (unpaired) electrons. The van der Waals surface area contributed by atoms with Crippen LogP contribution in [0.1, 0.15) is 66.8 Å². The summed E-state index contributed by atoms with van der Waals surface area (Å²) in [6.07, 6.45) is 0. The maximum atomic E-state index is 2.54. The third-order valence-corrected chi connectivity index (χ3v) is 21.4. The fourth-order valence-electron chi connectivity index (χ4n) is 15.9. The van der Waals surface area contributed by atoms with Gasteiger partial charge in [-0.25, -0.2) is 0 Å². The number of nitrogens with zero attached hydrogens (tertiary/aromatic N) is 1. The molecule has 84 heavy (non-hydrogen) atoms. The molecule has 2 aliphatic heterocycles. The molecule has 0 saturated carbocycles. The van der Waals surface area contributed by atoms with Gasteiger partial charge in [-0.3, -0.25) is 0 Å². The van der Waals surface area contributed by atoms with E-state index >= 15 is 0 Å². The molecular weight excluding hydrogens is 1050 g/mol. The van der Waals surface area contributed by atoms with Crippen LogP contribution in [0.25, 0.3) is 44.5 Å². The highest BCUT2D eigenvalue weighted by Crippen LogP contribution is 2.66. The van der Waals surface area contributed by atoms with Crippen molar-refractivity contribution in [2.45, 2.75) is 35.8 Å². The van der Waals surface area contributed by atoms with E-state index in [1.165, 1.54) is 131 Å². The zero-order valence-electron chi connectivity index (χ0n) is 45.7. The molecular formula is C81H51NS2. The van der Waals surface area contributed by atoms with Gasteiger partial charge < -0.3 is 4.90 Å². The van der Waals surface area contributed by atoms with Gasteiger partial charge in [-0.05, 0) is 172 Å². The molecule has 0 amide bonds. The van der Waals surface area contributed by atoms with E-state index in [0.29, 0.717) is 0 Å². The Hall–Kier alpha value is -9.64. The standard InChI is InChI=1S/C81H51NS2/c1-3-22-53(23-4-1)79(54-24-5-2-6-25-54)66-32-12-9-28-63(66)78-58(29-21-37-71(78)79)52-42-44-55(45-43-52)82(56-46-48-61-59-26-7-10-30-64(59)80(72(61)50-56)67-33-13-17-38-74(67)83-75-39-18-14-34-68(75)80)57-47-49-62-60-27-8-11-31-65(60)81(73(62)51-57)69-35-15-19-40-76(69)84-77-41-20-16-36-70(77)81/h1-51H. The molecule has 1 nitrogen and oxygen atoms in total. The molecule has 0 saturated heterocycles. The van der Waals surface area contributed by atoms with E-state index in [1.807, 2.05) is 23.5 Å². The molecule has 3 heteroatoms. The molecule has 13 aromatic carbocycles. The molecule has 0 fully saturated rings. The molecule has 0 atom stereocenters. The fraction of sp³-hybridized carbons (Fsp3) is 0.0370. The maximum Gasteiger partial charge on any atom is 0.0736 e. The van der Waals surface area contributed by atoms with Crippen molar-refractivity contribution in [1.82, 2.24) is 0 Å². The Kier molecular flexibility index (Phi) is 10.4. The van der Waals surface area contributed by atoms with Gasteiger partial charge in [-0.15, -0.1) is 0 Å². The topological polar surface area (TPSA) is 3.24 Å². The van der Waals surface area contributed by atoms with Crippen LogP contribution < -0.4 is 4.90 Å². The zero-order chi connectivity index (χ0) is 55.1. The molecule has 0 N–H and O–H groups in total. The average molecular weight is 1100 g/mol. The summed E-state index contributed by atoms with van der Waals surface area (Å²) in [6.45, 7) is 0. The Labute approximate surface area is 498 Å². The number of fused-ring (bicyclic) bond motifs is 21. The van der Waals surface area contributed by atoms with Crippen molar-refractivity contribution in [3.63, 3.8) is 0 Å². The molecule has 5 aliphatic rings. The van der Waals surface area contributed by atoms with E-state index in [2.05, 4.69) is 314 Å². The second kappa shape index (κ2) is 18.2. The van der Waals surface area contributed by atoms with Crippen molar-refractivity contribution in [1.29, 1.82) is 0 Å². The molecule has 392 valence electrons. The zero-order valence-corrected chi connectivity index (χ0v) is 47.3. The number of benzene rings is 13. The Morgan fingerprint density at radius 3 is 1.00 bits per heavy atom. The summed E-state index contributed by atoms with van der Waals surface area (Å²) >= 11 is 3.79. The first-order valence-corrected chi connectivity index (χ1v) is 30.8. The molecule has 0 bridgehead atoms. The lowest BCUT2D eigenvalue weighted by Gasteiger charge is -2.40. The smallest absolute Gasteiger partial charge is 0.0736 e. The monoisotopic (exact) mass is 1100 g/mol. The van der Waals surface area contributed by atoms with E-state index in [0.717, 1.165) is 17.1 Å². The van der Waals surface area contributed by atoms with Gasteiger partial charge in [-0.2, -0.15) is 0 Å². The Morgan fingerprint density at radius 2 is 0.548 bits per heavy atom. The van der Waals surface area contributed by atoms with Crippen LogP contribution in [0.3, 0.4) is 0 Å².